The maximum atomic E-state index is 12.8. The zero-order valence-corrected chi connectivity index (χ0v) is 14.0. The van der Waals surface area contributed by atoms with E-state index in [2.05, 4.69) is 4.74 Å². The normalized spacial score (nSPS) is 20.4. The Morgan fingerprint density at radius 1 is 1.43 bits per heavy atom. The molecule has 0 spiro atoms. The van der Waals surface area contributed by atoms with Gasteiger partial charge in [-0.15, -0.1) is 11.3 Å². The average Bonchev–Trinajstić information content (AvgIpc) is 2.97. The lowest BCUT2D eigenvalue weighted by Crippen LogP contribution is -2.44. The van der Waals surface area contributed by atoms with Crippen LogP contribution in [-0.2, 0) is 26.0 Å². The van der Waals surface area contributed by atoms with Crippen LogP contribution in [0.5, 0.6) is 0 Å². The molecule has 0 bridgehead atoms. The lowest BCUT2D eigenvalue weighted by Gasteiger charge is -2.33. The third kappa shape index (κ3) is 3.64. The summed E-state index contributed by atoms with van der Waals surface area (Å²) in [5.41, 5.74) is 0. The van der Waals surface area contributed by atoms with Gasteiger partial charge in [0.05, 0.1) is 13.5 Å². The Morgan fingerprint density at radius 2 is 2.19 bits per heavy atom. The molecule has 1 aromatic heterocycles. The van der Waals surface area contributed by atoms with E-state index in [1.54, 1.807) is 6.07 Å². The summed E-state index contributed by atoms with van der Waals surface area (Å²) in [6, 6.07) is 3.24. The second-order valence-electron chi connectivity index (χ2n) is 5.12. The van der Waals surface area contributed by atoms with Crippen molar-refractivity contribution in [3.63, 3.8) is 0 Å². The van der Waals surface area contributed by atoms with Gasteiger partial charge in [-0.1, -0.05) is 13.3 Å². The molecular weight excluding hydrogens is 310 g/mol. The highest BCUT2D eigenvalue weighted by Gasteiger charge is 2.35. The van der Waals surface area contributed by atoms with Crippen LogP contribution in [0.3, 0.4) is 0 Å². The van der Waals surface area contributed by atoms with Crippen LogP contribution in [0, 0.1) is 0 Å². The van der Waals surface area contributed by atoms with Crippen LogP contribution in [0.2, 0.25) is 0 Å². The van der Waals surface area contributed by atoms with E-state index in [1.807, 2.05) is 13.0 Å². The maximum Gasteiger partial charge on any atom is 0.307 e. The Bertz CT molecular complexity index is 594. The Kier molecular flexibility index (Phi) is 5.40. The van der Waals surface area contributed by atoms with Gasteiger partial charge in [-0.25, -0.2) is 8.42 Å². The zero-order chi connectivity index (χ0) is 15.5. The highest BCUT2D eigenvalue weighted by atomic mass is 32.2. The number of thiophene rings is 1. The number of hydrogen-bond acceptors (Lipinski definition) is 5. The number of aryl methyl sites for hydroxylation is 1. The van der Waals surface area contributed by atoms with Crippen molar-refractivity contribution in [2.45, 2.75) is 49.3 Å². The molecule has 1 aromatic rings. The van der Waals surface area contributed by atoms with Gasteiger partial charge in [0.2, 0.25) is 0 Å². The van der Waals surface area contributed by atoms with Crippen LogP contribution < -0.4 is 0 Å². The lowest BCUT2D eigenvalue weighted by molar-refractivity contribution is -0.141. The van der Waals surface area contributed by atoms with Crippen molar-refractivity contribution < 1.29 is 17.9 Å². The SMILES string of the molecule is CCc1ccc(S(=O)(=O)N2CCCCC2CC(=O)OC)s1. The Morgan fingerprint density at radius 3 is 2.81 bits per heavy atom. The fraction of sp³-hybridized carbons (Fsp3) is 0.643. The van der Waals surface area contributed by atoms with Crippen LogP contribution >= 0.6 is 11.3 Å². The summed E-state index contributed by atoms with van der Waals surface area (Å²) < 4.78 is 32.1. The summed E-state index contributed by atoms with van der Waals surface area (Å²) in [7, 11) is -2.18. The Labute approximate surface area is 130 Å². The van der Waals surface area contributed by atoms with Gasteiger partial charge in [0.25, 0.3) is 10.0 Å². The number of hydrogen-bond donors (Lipinski definition) is 0. The Balaban J connectivity index is 2.24. The van der Waals surface area contributed by atoms with Gasteiger partial charge >= 0.3 is 5.97 Å². The second-order valence-corrected chi connectivity index (χ2v) is 8.41. The van der Waals surface area contributed by atoms with Gasteiger partial charge in [0, 0.05) is 17.5 Å². The summed E-state index contributed by atoms with van der Waals surface area (Å²) in [6.07, 6.45) is 3.44. The average molecular weight is 331 g/mol. The van der Waals surface area contributed by atoms with E-state index < -0.39 is 10.0 Å². The minimum Gasteiger partial charge on any atom is -0.469 e. The number of rotatable bonds is 5. The van der Waals surface area contributed by atoms with Gasteiger partial charge in [0.15, 0.2) is 0 Å². The van der Waals surface area contributed by atoms with Crippen molar-refractivity contribution in [1.82, 2.24) is 4.31 Å². The summed E-state index contributed by atoms with van der Waals surface area (Å²) in [4.78, 5) is 12.5. The Hall–Kier alpha value is -0.920. The quantitative estimate of drug-likeness (QED) is 0.777. The van der Waals surface area contributed by atoms with Gasteiger partial charge in [-0.05, 0) is 31.4 Å². The molecule has 1 saturated heterocycles. The van der Waals surface area contributed by atoms with E-state index in [9.17, 15) is 13.2 Å². The number of ether oxygens (including phenoxy) is 1. The van der Waals surface area contributed by atoms with Crippen molar-refractivity contribution in [2.24, 2.45) is 0 Å². The topological polar surface area (TPSA) is 63.7 Å². The monoisotopic (exact) mass is 331 g/mol. The van der Waals surface area contributed by atoms with E-state index >= 15 is 0 Å². The highest BCUT2D eigenvalue weighted by Crippen LogP contribution is 2.31. The van der Waals surface area contributed by atoms with E-state index in [-0.39, 0.29) is 18.4 Å². The third-order valence-corrected chi connectivity index (χ3v) is 7.40. The molecule has 2 heterocycles. The molecule has 1 atom stereocenters. The molecule has 0 saturated carbocycles. The predicted octanol–water partition coefficient (Wildman–Crippen LogP) is 2.42. The molecule has 0 N–H and O–H groups in total. The molecule has 5 nitrogen and oxygen atoms in total. The number of carbonyl (C=O) groups is 1. The molecule has 21 heavy (non-hydrogen) atoms. The fourth-order valence-corrected chi connectivity index (χ4v) is 5.69. The molecule has 1 aliphatic rings. The number of carbonyl (C=O) groups excluding carboxylic acids is 1. The minimum atomic E-state index is -3.51. The molecule has 0 aliphatic carbocycles. The van der Waals surface area contributed by atoms with Gasteiger partial charge in [-0.2, -0.15) is 4.31 Å². The van der Waals surface area contributed by atoms with Crippen molar-refractivity contribution in [3.8, 4) is 0 Å². The first kappa shape index (κ1) is 16.5. The summed E-state index contributed by atoms with van der Waals surface area (Å²) in [5, 5.41) is 0. The number of esters is 1. The third-order valence-electron chi connectivity index (χ3n) is 3.75. The molecule has 2 rings (SSSR count). The molecule has 0 amide bonds. The summed E-state index contributed by atoms with van der Waals surface area (Å²) in [6.45, 7) is 2.48. The van der Waals surface area contributed by atoms with Crippen LogP contribution in [0.15, 0.2) is 16.3 Å². The van der Waals surface area contributed by atoms with Crippen molar-refractivity contribution in [2.75, 3.05) is 13.7 Å². The van der Waals surface area contributed by atoms with Gasteiger partial charge < -0.3 is 4.74 Å². The predicted molar refractivity (Wildman–Crippen MR) is 81.9 cm³/mol. The van der Waals surface area contributed by atoms with Gasteiger partial charge in [-0.3, -0.25) is 4.79 Å². The lowest BCUT2D eigenvalue weighted by atomic mass is 10.0. The summed E-state index contributed by atoms with van der Waals surface area (Å²) >= 11 is 1.31. The van der Waals surface area contributed by atoms with Crippen LogP contribution in [0.25, 0.3) is 0 Å². The summed E-state index contributed by atoms with van der Waals surface area (Å²) in [5.74, 6) is -0.359. The molecule has 1 aliphatic heterocycles. The molecule has 0 radical (unpaired) electrons. The van der Waals surface area contributed by atoms with Gasteiger partial charge in [0.1, 0.15) is 4.21 Å². The fourth-order valence-electron chi connectivity index (χ4n) is 2.57. The second kappa shape index (κ2) is 6.89. The van der Waals surface area contributed by atoms with E-state index in [0.717, 1.165) is 24.1 Å². The van der Waals surface area contributed by atoms with E-state index in [1.165, 1.54) is 22.8 Å². The first-order chi connectivity index (χ1) is 9.98. The standard InChI is InChI=1S/C14H21NO4S2/c1-3-12-7-8-14(20-12)21(17,18)15-9-5-4-6-11(15)10-13(16)19-2/h7-8,11H,3-6,9-10H2,1-2H3. The molecule has 0 aromatic carbocycles. The number of nitrogens with zero attached hydrogens (tertiary/aromatic N) is 1. The molecule has 1 fully saturated rings. The molecule has 118 valence electrons. The molecule has 7 heteroatoms. The largest absolute Gasteiger partial charge is 0.469 e. The van der Waals surface area contributed by atoms with Crippen LogP contribution in [0.1, 0.15) is 37.5 Å². The van der Waals surface area contributed by atoms with Crippen LogP contribution in [-0.4, -0.2) is 38.4 Å². The zero-order valence-electron chi connectivity index (χ0n) is 12.4. The van der Waals surface area contributed by atoms with Crippen LogP contribution in [0.4, 0.5) is 0 Å². The van der Waals surface area contributed by atoms with Crippen molar-refractivity contribution >= 4 is 27.3 Å². The number of piperidine rings is 1. The first-order valence-electron chi connectivity index (χ1n) is 7.16. The first-order valence-corrected chi connectivity index (χ1v) is 9.42. The number of sulfonamides is 1. The smallest absolute Gasteiger partial charge is 0.307 e. The van der Waals surface area contributed by atoms with Crippen molar-refractivity contribution in [1.29, 1.82) is 0 Å². The van der Waals surface area contributed by atoms with E-state index in [0.29, 0.717) is 17.2 Å². The minimum absolute atomic E-state index is 0.127. The molecular formula is C14H21NO4S2. The number of methoxy groups -OCH3 is 1. The van der Waals surface area contributed by atoms with E-state index in [4.69, 9.17) is 0 Å². The highest BCUT2D eigenvalue weighted by molar-refractivity contribution is 7.91. The maximum absolute atomic E-state index is 12.8. The molecule has 1 unspecified atom stereocenters. The van der Waals surface area contributed by atoms with Crippen molar-refractivity contribution in [3.05, 3.63) is 17.0 Å².